The first-order valence-electron chi connectivity index (χ1n) is 4.44. The molecule has 3 heteroatoms. The van der Waals surface area contributed by atoms with Crippen molar-refractivity contribution in [1.82, 2.24) is 10.3 Å². The number of nitrogens with zero attached hydrogens (tertiary/aromatic N) is 1. The van der Waals surface area contributed by atoms with Gasteiger partial charge in [0.15, 0.2) is 0 Å². The molecule has 2 nitrogen and oxygen atoms in total. The summed E-state index contributed by atoms with van der Waals surface area (Å²) in [5.74, 6) is 0. The monoisotopic (exact) mass is 182 g/mol. The zero-order valence-electron chi connectivity index (χ0n) is 7.50. The highest BCUT2D eigenvalue weighted by atomic mass is 32.1. The number of hydrogen-bond donors (Lipinski definition) is 1. The third-order valence-electron chi connectivity index (χ3n) is 2.14. The van der Waals surface area contributed by atoms with Gasteiger partial charge in [-0.1, -0.05) is 0 Å². The van der Waals surface area contributed by atoms with Crippen molar-refractivity contribution in [2.24, 2.45) is 0 Å². The van der Waals surface area contributed by atoms with Gasteiger partial charge in [-0.3, -0.25) is 0 Å². The van der Waals surface area contributed by atoms with Crippen LogP contribution in [-0.4, -0.2) is 11.0 Å². The maximum atomic E-state index is 4.45. The van der Waals surface area contributed by atoms with Crippen molar-refractivity contribution < 1.29 is 0 Å². The summed E-state index contributed by atoms with van der Waals surface area (Å²) in [6.07, 6.45) is 2.68. The lowest BCUT2D eigenvalue weighted by Crippen LogP contribution is -2.20. The molecule has 0 radical (unpaired) electrons. The molecule has 1 aromatic heterocycles. The molecule has 1 fully saturated rings. The Balaban J connectivity index is 1.97. The highest BCUT2D eigenvalue weighted by molar-refractivity contribution is 7.09. The molecule has 1 N–H and O–H groups in total. The van der Waals surface area contributed by atoms with Gasteiger partial charge in [-0.2, -0.15) is 0 Å². The molecule has 1 aliphatic rings. The molecule has 0 spiro atoms. The van der Waals surface area contributed by atoms with Crippen LogP contribution in [0.15, 0.2) is 5.38 Å². The Kier molecular flexibility index (Phi) is 2.15. The Bertz CT molecular complexity index is 265. The predicted molar refractivity (Wildman–Crippen MR) is 51.4 cm³/mol. The lowest BCUT2D eigenvalue weighted by Gasteiger charge is -2.09. The van der Waals surface area contributed by atoms with Crippen LogP contribution in [0.2, 0.25) is 0 Å². The van der Waals surface area contributed by atoms with Crippen molar-refractivity contribution in [3.63, 3.8) is 0 Å². The topological polar surface area (TPSA) is 24.9 Å². The Hall–Kier alpha value is -0.410. The molecule has 1 aromatic rings. The van der Waals surface area contributed by atoms with Crippen molar-refractivity contribution in [1.29, 1.82) is 0 Å². The van der Waals surface area contributed by atoms with Gasteiger partial charge in [0.25, 0.3) is 0 Å². The number of aryl methyl sites for hydroxylation is 1. The van der Waals surface area contributed by atoms with Crippen LogP contribution >= 0.6 is 11.3 Å². The van der Waals surface area contributed by atoms with Gasteiger partial charge in [-0.15, -0.1) is 11.3 Å². The molecular weight excluding hydrogens is 168 g/mol. The number of hydrogen-bond acceptors (Lipinski definition) is 3. The van der Waals surface area contributed by atoms with Gasteiger partial charge in [0, 0.05) is 17.5 Å². The average molecular weight is 182 g/mol. The molecule has 0 aromatic carbocycles. The molecule has 66 valence electrons. The van der Waals surface area contributed by atoms with Crippen molar-refractivity contribution in [2.45, 2.75) is 38.8 Å². The third kappa shape index (κ3) is 1.84. The molecule has 1 heterocycles. The van der Waals surface area contributed by atoms with E-state index in [1.54, 1.807) is 11.3 Å². The van der Waals surface area contributed by atoms with Crippen LogP contribution in [0.25, 0.3) is 0 Å². The van der Waals surface area contributed by atoms with E-state index in [-0.39, 0.29) is 0 Å². The summed E-state index contributed by atoms with van der Waals surface area (Å²) in [4.78, 5) is 4.45. The van der Waals surface area contributed by atoms with Gasteiger partial charge in [0.05, 0.1) is 10.7 Å². The van der Waals surface area contributed by atoms with E-state index < -0.39 is 0 Å². The highest BCUT2D eigenvalue weighted by Crippen LogP contribution is 2.24. The van der Waals surface area contributed by atoms with E-state index in [1.807, 2.05) is 0 Å². The van der Waals surface area contributed by atoms with Crippen LogP contribution < -0.4 is 5.32 Å². The SMILES string of the molecule is Cc1nc(C(C)NC2CC2)cs1. The van der Waals surface area contributed by atoms with E-state index in [1.165, 1.54) is 18.5 Å². The Morgan fingerprint density at radius 1 is 1.67 bits per heavy atom. The lowest BCUT2D eigenvalue weighted by molar-refractivity contribution is 0.560. The van der Waals surface area contributed by atoms with Crippen LogP contribution in [0.5, 0.6) is 0 Å². The minimum atomic E-state index is 0.433. The van der Waals surface area contributed by atoms with E-state index >= 15 is 0 Å². The van der Waals surface area contributed by atoms with Crippen molar-refractivity contribution >= 4 is 11.3 Å². The van der Waals surface area contributed by atoms with Crippen LogP contribution in [0.1, 0.15) is 36.5 Å². The maximum absolute atomic E-state index is 4.45. The zero-order valence-corrected chi connectivity index (χ0v) is 8.32. The second kappa shape index (κ2) is 3.15. The first kappa shape index (κ1) is 8.20. The summed E-state index contributed by atoms with van der Waals surface area (Å²) >= 11 is 1.73. The molecule has 2 rings (SSSR count). The number of nitrogens with one attached hydrogen (secondary N) is 1. The summed E-state index contributed by atoms with van der Waals surface area (Å²) in [5, 5.41) is 6.84. The fourth-order valence-corrected chi connectivity index (χ4v) is 1.97. The normalized spacial score (nSPS) is 19.5. The molecule has 12 heavy (non-hydrogen) atoms. The van der Waals surface area contributed by atoms with Gasteiger partial charge in [0.2, 0.25) is 0 Å². The molecule has 0 aliphatic heterocycles. The van der Waals surface area contributed by atoms with Gasteiger partial charge < -0.3 is 5.32 Å². The first-order valence-corrected chi connectivity index (χ1v) is 5.32. The average Bonchev–Trinajstić information content (AvgIpc) is 2.72. The first-order chi connectivity index (χ1) is 5.75. The third-order valence-corrected chi connectivity index (χ3v) is 2.94. The minimum absolute atomic E-state index is 0.433. The quantitative estimate of drug-likeness (QED) is 0.775. The number of thiazole rings is 1. The summed E-state index contributed by atoms with van der Waals surface area (Å²) in [7, 11) is 0. The Labute approximate surface area is 77.0 Å². The smallest absolute Gasteiger partial charge is 0.0898 e. The van der Waals surface area contributed by atoms with E-state index in [9.17, 15) is 0 Å². The zero-order chi connectivity index (χ0) is 8.55. The molecule has 1 aliphatic carbocycles. The Morgan fingerprint density at radius 3 is 2.92 bits per heavy atom. The largest absolute Gasteiger partial charge is 0.306 e. The number of aromatic nitrogens is 1. The van der Waals surface area contributed by atoms with Crippen LogP contribution in [0.4, 0.5) is 0 Å². The van der Waals surface area contributed by atoms with E-state index in [2.05, 4.69) is 29.5 Å². The second-order valence-electron chi connectivity index (χ2n) is 3.45. The summed E-state index contributed by atoms with van der Waals surface area (Å²) < 4.78 is 0. The maximum Gasteiger partial charge on any atom is 0.0898 e. The van der Waals surface area contributed by atoms with Crippen LogP contribution in [-0.2, 0) is 0 Å². The van der Waals surface area contributed by atoms with Crippen molar-refractivity contribution in [2.75, 3.05) is 0 Å². The van der Waals surface area contributed by atoms with Gasteiger partial charge in [-0.05, 0) is 26.7 Å². The van der Waals surface area contributed by atoms with Crippen LogP contribution in [0.3, 0.4) is 0 Å². The fourth-order valence-electron chi connectivity index (χ4n) is 1.27. The molecule has 0 amide bonds. The van der Waals surface area contributed by atoms with E-state index in [0.29, 0.717) is 6.04 Å². The Morgan fingerprint density at radius 2 is 2.42 bits per heavy atom. The molecule has 0 bridgehead atoms. The second-order valence-corrected chi connectivity index (χ2v) is 4.52. The number of rotatable bonds is 3. The van der Waals surface area contributed by atoms with Gasteiger partial charge in [-0.25, -0.2) is 4.98 Å². The highest BCUT2D eigenvalue weighted by Gasteiger charge is 2.23. The van der Waals surface area contributed by atoms with Crippen molar-refractivity contribution in [3.05, 3.63) is 16.1 Å². The van der Waals surface area contributed by atoms with Crippen molar-refractivity contribution in [3.8, 4) is 0 Å². The molecule has 0 saturated heterocycles. The van der Waals surface area contributed by atoms with Gasteiger partial charge >= 0.3 is 0 Å². The summed E-state index contributed by atoms with van der Waals surface area (Å²) in [6.45, 7) is 4.24. The fraction of sp³-hybridized carbons (Fsp3) is 0.667. The van der Waals surface area contributed by atoms with Gasteiger partial charge in [0.1, 0.15) is 0 Å². The molecule has 1 atom stereocenters. The molecular formula is C9H14N2S. The standard InChI is InChI=1S/C9H14N2S/c1-6(10-8-3-4-8)9-5-12-7(2)11-9/h5-6,8,10H,3-4H2,1-2H3. The summed E-state index contributed by atoms with van der Waals surface area (Å²) in [5.41, 5.74) is 1.20. The predicted octanol–water partition coefficient (Wildman–Crippen LogP) is 2.26. The van der Waals surface area contributed by atoms with E-state index in [4.69, 9.17) is 0 Å². The lowest BCUT2D eigenvalue weighted by atomic mass is 10.2. The van der Waals surface area contributed by atoms with E-state index in [0.717, 1.165) is 11.0 Å². The minimum Gasteiger partial charge on any atom is -0.306 e. The summed E-state index contributed by atoms with van der Waals surface area (Å²) in [6, 6.07) is 1.20. The molecule has 1 unspecified atom stereocenters. The van der Waals surface area contributed by atoms with Crippen LogP contribution in [0, 0.1) is 6.92 Å². The molecule has 1 saturated carbocycles.